The molecule has 1 unspecified atom stereocenters. The molecule has 0 aromatic carbocycles. The van der Waals surface area contributed by atoms with E-state index in [4.69, 9.17) is 0 Å². The van der Waals surface area contributed by atoms with Crippen molar-refractivity contribution in [3.63, 3.8) is 0 Å². The van der Waals surface area contributed by atoms with Crippen molar-refractivity contribution < 1.29 is 39.7 Å². The zero-order valence-corrected chi connectivity index (χ0v) is 9.85. The fourth-order valence-corrected chi connectivity index (χ4v) is 2.33. The second-order valence-corrected chi connectivity index (χ2v) is 3.94. The van der Waals surface area contributed by atoms with E-state index in [2.05, 4.69) is 5.32 Å². The van der Waals surface area contributed by atoms with Gasteiger partial charge >= 0.3 is 6.03 Å². The maximum absolute atomic E-state index is 11.3. The highest BCUT2D eigenvalue weighted by Crippen LogP contribution is 2.25. The monoisotopic (exact) mass is 253 g/mol. The topological polar surface area (TPSA) is 62.8 Å². The van der Waals surface area contributed by atoms with E-state index in [0.717, 1.165) is 12.8 Å². The lowest BCUT2D eigenvalue weighted by Gasteiger charge is -2.22. The second kappa shape index (κ2) is 6.30. The first-order valence-electron chi connectivity index (χ1n) is 4.97. The van der Waals surface area contributed by atoms with Gasteiger partial charge in [-0.05, 0) is 12.8 Å². The van der Waals surface area contributed by atoms with Crippen LogP contribution in [0.2, 0.25) is 0 Å². The first kappa shape index (κ1) is 14.7. The van der Waals surface area contributed by atoms with Gasteiger partial charge < -0.3 is 24.8 Å². The zero-order chi connectivity index (χ0) is 9.26. The van der Waals surface area contributed by atoms with E-state index in [0.29, 0.717) is 5.92 Å². The van der Waals surface area contributed by atoms with Crippen molar-refractivity contribution in [1.82, 2.24) is 5.32 Å². The molecule has 1 atom stereocenters. The van der Waals surface area contributed by atoms with Crippen LogP contribution in [0.4, 0.5) is 4.79 Å². The summed E-state index contributed by atoms with van der Waals surface area (Å²) >= 11 is 0. The van der Waals surface area contributed by atoms with Crippen LogP contribution >= 0.6 is 0 Å². The lowest BCUT2D eigenvalue weighted by atomic mass is 9.84. The summed E-state index contributed by atoms with van der Waals surface area (Å²) < 4.78 is 0. The quantitative estimate of drug-likeness (QED) is 0.457. The Bertz CT molecular complexity index is 242. The smallest absolute Gasteiger partial charge is 0.420 e. The Hall–Kier alpha value is -0.320. The molecule has 3 N–H and O–H groups in total. The van der Waals surface area contributed by atoms with Gasteiger partial charge in [-0.25, -0.2) is 10.1 Å². The van der Waals surface area contributed by atoms with Gasteiger partial charge in [0.15, 0.2) is 6.04 Å². The number of imide groups is 1. The summed E-state index contributed by atoms with van der Waals surface area (Å²) in [6.45, 7) is 0. The highest BCUT2D eigenvalue weighted by molar-refractivity contribution is 5.97. The van der Waals surface area contributed by atoms with Crippen molar-refractivity contribution >= 4 is 11.9 Å². The van der Waals surface area contributed by atoms with E-state index >= 15 is 0 Å². The third-order valence-corrected chi connectivity index (χ3v) is 3.04. The lowest BCUT2D eigenvalue weighted by molar-refractivity contribution is -0.579. The van der Waals surface area contributed by atoms with E-state index in [1.807, 2.05) is 0 Å². The van der Waals surface area contributed by atoms with Gasteiger partial charge in [-0.15, -0.1) is 0 Å². The third-order valence-electron chi connectivity index (χ3n) is 3.04. The van der Waals surface area contributed by atoms with Crippen LogP contribution < -0.4 is 35.4 Å². The maximum atomic E-state index is 11.3. The Morgan fingerprint density at radius 2 is 1.67 bits per heavy atom. The van der Waals surface area contributed by atoms with Crippen LogP contribution in [0.1, 0.15) is 32.1 Å². The second-order valence-electron chi connectivity index (χ2n) is 3.94. The molecule has 0 radical (unpaired) electrons. The Balaban J connectivity index is 0.000000980. The number of rotatable bonds is 1. The largest absolute Gasteiger partial charge is 1.00 e. The first-order chi connectivity index (χ1) is 6.27. The molecule has 2 fully saturated rings. The Labute approximate surface area is 101 Å². The minimum absolute atomic E-state index is 0. The van der Waals surface area contributed by atoms with E-state index in [-0.39, 0.29) is 42.8 Å². The molecule has 0 bridgehead atoms. The number of carbonyl (C=O) groups excluding carboxylic acids is 2. The molecule has 3 amide bonds. The van der Waals surface area contributed by atoms with Crippen LogP contribution in [0.3, 0.4) is 0 Å². The van der Waals surface area contributed by atoms with Crippen molar-refractivity contribution in [3.8, 4) is 0 Å². The molecular weight excluding hydrogens is 239 g/mol. The van der Waals surface area contributed by atoms with Gasteiger partial charge in [0.05, 0.1) is 0 Å². The van der Waals surface area contributed by atoms with Crippen LogP contribution in [-0.4, -0.2) is 18.0 Å². The summed E-state index contributed by atoms with van der Waals surface area (Å²) in [5.74, 6) is 0.331. The van der Waals surface area contributed by atoms with Gasteiger partial charge in [-0.3, -0.25) is 10.1 Å². The number of halogens is 2. The minimum Gasteiger partial charge on any atom is -1.00 e. The molecule has 4 nitrogen and oxygen atoms in total. The molecule has 0 aromatic rings. The number of quaternary nitrogens is 1. The summed E-state index contributed by atoms with van der Waals surface area (Å²) in [7, 11) is 0. The summed E-state index contributed by atoms with van der Waals surface area (Å²) in [6, 6.07) is -0.339. The zero-order valence-electron chi connectivity index (χ0n) is 8.34. The van der Waals surface area contributed by atoms with Crippen LogP contribution in [0.25, 0.3) is 0 Å². The molecule has 0 aromatic heterocycles. The number of nitrogens with one attached hydrogen (secondary N) is 1. The molecule has 1 saturated carbocycles. The molecule has 88 valence electrons. The fourth-order valence-electron chi connectivity index (χ4n) is 2.33. The van der Waals surface area contributed by atoms with E-state index < -0.39 is 0 Å². The number of amides is 3. The Morgan fingerprint density at radius 1 is 1.07 bits per heavy atom. The molecular formula is C9H15Cl2N2O2-. The van der Waals surface area contributed by atoms with Crippen molar-refractivity contribution in [2.45, 2.75) is 38.1 Å². The third kappa shape index (κ3) is 3.33. The van der Waals surface area contributed by atoms with E-state index in [9.17, 15) is 9.59 Å². The maximum Gasteiger partial charge on any atom is 0.420 e. The molecule has 15 heavy (non-hydrogen) atoms. The number of hydrogen-bond donors (Lipinski definition) is 2. The Kier molecular flexibility index (Phi) is 6.17. The van der Waals surface area contributed by atoms with E-state index in [1.165, 1.54) is 19.3 Å². The number of urea groups is 1. The SMILES string of the molecule is O=C1NC(=O)C(C2CCCCC2)[NH2+]1.[Cl-].[Cl-]. The summed E-state index contributed by atoms with van der Waals surface area (Å²) in [5.41, 5.74) is 0. The molecule has 2 rings (SSSR count). The minimum atomic E-state index is -0.208. The van der Waals surface area contributed by atoms with Crippen molar-refractivity contribution in [3.05, 3.63) is 0 Å². The lowest BCUT2D eigenvalue weighted by Crippen LogP contribution is -3.00. The molecule has 1 heterocycles. The van der Waals surface area contributed by atoms with Gasteiger partial charge in [0.1, 0.15) is 0 Å². The number of carbonyl (C=O) groups is 2. The van der Waals surface area contributed by atoms with Gasteiger partial charge in [-0.1, -0.05) is 19.3 Å². The normalized spacial score (nSPS) is 26.5. The predicted octanol–water partition coefficient (Wildman–Crippen LogP) is -6.24. The standard InChI is InChI=1S/C9H14N2O2.2ClH/c12-8-7(10-9(13)11-8)6-4-2-1-3-5-6;;/h6-7H,1-5H2,(H2,10,11,12,13);2*1H/p-1. The number of primary amides is 1. The van der Waals surface area contributed by atoms with Crippen molar-refractivity contribution in [1.29, 1.82) is 0 Å². The highest BCUT2D eigenvalue weighted by Gasteiger charge is 2.40. The molecule has 1 saturated heterocycles. The first-order valence-corrected chi connectivity index (χ1v) is 4.97. The Morgan fingerprint density at radius 3 is 2.13 bits per heavy atom. The molecule has 2 aliphatic rings. The van der Waals surface area contributed by atoms with Crippen LogP contribution in [0.15, 0.2) is 0 Å². The summed E-state index contributed by atoms with van der Waals surface area (Å²) in [4.78, 5) is 22.2. The molecule has 1 aliphatic heterocycles. The van der Waals surface area contributed by atoms with Crippen LogP contribution in [-0.2, 0) is 4.79 Å². The predicted molar refractivity (Wildman–Crippen MR) is 45.8 cm³/mol. The van der Waals surface area contributed by atoms with Gasteiger partial charge in [0.2, 0.25) is 0 Å². The average Bonchev–Trinajstić information content (AvgIpc) is 2.47. The van der Waals surface area contributed by atoms with Crippen molar-refractivity contribution in [2.75, 3.05) is 0 Å². The number of nitrogens with two attached hydrogens (primary N) is 1. The van der Waals surface area contributed by atoms with Gasteiger partial charge in [0, 0.05) is 5.92 Å². The van der Waals surface area contributed by atoms with Crippen LogP contribution in [0.5, 0.6) is 0 Å². The average molecular weight is 254 g/mol. The van der Waals surface area contributed by atoms with Crippen molar-refractivity contribution in [2.24, 2.45) is 5.92 Å². The van der Waals surface area contributed by atoms with Crippen LogP contribution in [0, 0.1) is 5.92 Å². The summed E-state index contributed by atoms with van der Waals surface area (Å²) in [6.07, 6.45) is 5.88. The van der Waals surface area contributed by atoms with Gasteiger partial charge in [-0.2, -0.15) is 0 Å². The highest BCUT2D eigenvalue weighted by atomic mass is 35.5. The molecule has 6 heteroatoms. The molecule has 0 spiro atoms. The van der Waals surface area contributed by atoms with E-state index in [1.54, 1.807) is 5.32 Å². The van der Waals surface area contributed by atoms with Gasteiger partial charge in [0.25, 0.3) is 5.91 Å². The number of hydrogen-bond acceptors (Lipinski definition) is 2. The molecule has 1 aliphatic carbocycles. The summed E-state index contributed by atoms with van der Waals surface area (Å²) in [5, 5.41) is 3.88. The fraction of sp³-hybridized carbons (Fsp3) is 0.778.